The number of imidazole rings is 1. The van der Waals surface area contributed by atoms with Crippen LogP contribution < -0.4 is 10.9 Å². The van der Waals surface area contributed by atoms with Crippen LogP contribution in [0, 0.1) is 17.0 Å². The molecule has 0 aliphatic rings. The Morgan fingerprint density at radius 1 is 1.11 bits per heavy atom. The van der Waals surface area contributed by atoms with Gasteiger partial charge in [0.25, 0.3) is 17.5 Å². The summed E-state index contributed by atoms with van der Waals surface area (Å²) < 4.78 is 2.03. The molecule has 0 spiro atoms. The standard InChI is InChI=1S/C18H17N5O4/c1-3-22-11(2)19-15-10-13(7-8-16(15)22)18(25)21-20-17(24)12-5-4-6-14(9-12)23(26)27/h4-10H,3H2,1-2H3,(H,20,24)(H,21,25). The lowest BCUT2D eigenvalue weighted by Gasteiger charge is -2.08. The summed E-state index contributed by atoms with van der Waals surface area (Å²) in [6.45, 7) is 4.67. The summed E-state index contributed by atoms with van der Waals surface area (Å²) >= 11 is 0. The molecule has 138 valence electrons. The van der Waals surface area contributed by atoms with Crippen LogP contribution in [0.15, 0.2) is 42.5 Å². The van der Waals surface area contributed by atoms with Crippen molar-refractivity contribution < 1.29 is 14.5 Å². The van der Waals surface area contributed by atoms with Crippen molar-refractivity contribution in [3.05, 3.63) is 69.5 Å². The molecule has 0 aliphatic heterocycles. The van der Waals surface area contributed by atoms with Gasteiger partial charge in [0.15, 0.2) is 0 Å². The number of nitrogens with one attached hydrogen (secondary N) is 2. The number of nitro groups is 1. The minimum absolute atomic E-state index is 0.0669. The summed E-state index contributed by atoms with van der Waals surface area (Å²) in [5.41, 5.74) is 6.36. The van der Waals surface area contributed by atoms with Gasteiger partial charge in [0.1, 0.15) is 5.82 Å². The lowest BCUT2D eigenvalue weighted by Crippen LogP contribution is -2.41. The van der Waals surface area contributed by atoms with Crippen LogP contribution in [0.5, 0.6) is 0 Å². The first kappa shape index (κ1) is 18.1. The molecular formula is C18H17N5O4. The molecule has 9 nitrogen and oxygen atoms in total. The fraction of sp³-hybridized carbons (Fsp3) is 0.167. The molecule has 2 amide bonds. The van der Waals surface area contributed by atoms with E-state index >= 15 is 0 Å². The maximum atomic E-state index is 12.3. The normalized spacial score (nSPS) is 10.6. The third-order valence-electron chi connectivity index (χ3n) is 4.13. The highest BCUT2D eigenvalue weighted by molar-refractivity contribution is 6.00. The Kier molecular flexibility index (Phi) is 4.84. The fourth-order valence-electron chi connectivity index (χ4n) is 2.81. The maximum Gasteiger partial charge on any atom is 0.270 e. The number of carbonyl (C=O) groups excluding carboxylic acids is 2. The van der Waals surface area contributed by atoms with E-state index in [1.165, 1.54) is 18.2 Å². The van der Waals surface area contributed by atoms with Crippen molar-refractivity contribution in [2.45, 2.75) is 20.4 Å². The van der Waals surface area contributed by atoms with Crippen molar-refractivity contribution in [1.29, 1.82) is 0 Å². The van der Waals surface area contributed by atoms with Gasteiger partial charge in [0.05, 0.1) is 16.0 Å². The van der Waals surface area contributed by atoms with Crippen LogP contribution >= 0.6 is 0 Å². The number of hydrazine groups is 1. The Hall–Kier alpha value is -3.75. The van der Waals surface area contributed by atoms with Crippen molar-refractivity contribution in [2.75, 3.05) is 0 Å². The van der Waals surface area contributed by atoms with Gasteiger partial charge in [-0.3, -0.25) is 30.6 Å². The van der Waals surface area contributed by atoms with E-state index in [1.54, 1.807) is 18.2 Å². The molecule has 27 heavy (non-hydrogen) atoms. The van der Waals surface area contributed by atoms with Gasteiger partial charge in [-0.25, -0.2) is 4.98 Å². The summed E-state index contributed by atoms with van der Waals surface area (Å²) in [6, 6.07) is 10.3. The summed E-state index contributed by atoms with van der Waals surface area (Å²) in [7, 11) is 0. The number of non-ortho nitro benzene ring substituents is 1. The molecule has 0 bridgehead atoms. The molecular weight excluding hydrogens is 350 g/mol. The van der Waals surface area contributed by atoms with Gasteiger partial charge in [0.2, 0.25) is 0 Å². The molecule has 0 atom stereocenters. The van der Waals surface area contributed by atoms with Gasteiger partial charge in [-0.05, 0) is 38.1 Å². The Morgan fingerprint density at radius 3 is 2.41 bits per heavy atom. The van der Waals surface area contributed by atoms with Crippen LogP contribution in [0.3, 0.4) is 0 Å². The van der Waals surface area contributed by atoms with Crippen molar-refractivity contribution in [1.82, 2.24) is 20.4 Å². The molecule has 3 aromatic rings. The van der Waals surface area contributed by atoms with Crippen molar-refractivity contribution in [3.63, 3.8) is 0 Å². The van der Waals surface area contributed by atoms with Crippen LogP contribution in [0.25, 0.3) is 11.0 Å². The van der Waals surface area contributed by atoms with Crippen molar-refractivity contribution >= 4 is 28.5 Å². The lowest BCUT2D eigenvalue weighted by atomic mass is 10.2. The molecule has 2 N–H and O–H groups in total. The Morgan fingerprint density at radius 2 is 1.78 bits per heavy atom. The van der Waals surface area contributed by atoms with Gasteiger partial charge in [-0.15, -0.1) is 0 Å². The molecule has 0 saturated heterocycles. The molecule has 0 saturated carbocycles. The number of fused-ring (bicyclic) bond motifs is 1. The van der Waals surface area contributed by atoms with Crippen LogP contribution in [-0.4, -0.2) is 26.3 Å². The zero-order valence-electron chi connectivity index (χ0n) is 14.7. The fourth-order valence-corrected chi connectivity index (χ4v) is 2.81. The second-order valence-corrected chi connectivity index (χ2v) is 5.82. The van der Waals surface area contributed by atoms with E-state index in [-0.39, 0.29) is 11.3 Å². The molecule has 0 fully saturated rings. The maximum absolute atomic E-state index is 12.3. The molecule has 1 heterocycles. The van der Waals surface area contributed by atoms with Crippen molar-refractivity contribution in [3.8, 4) is 0 Å². The average Bonchev–Trinajstić information content (AvgIpc) is 2.99. The highest BCUT2D eigenvalue weighted by Crippen LogP contribution is 2.18. The summed E-state index contributed by atoms with van der Waals surface area (Å²) in [5.74, 6) is -0.317. The molecule has 9 heteroatoms. The highest BCUT2D eigenvalue weighted by atomic mass is 16.6. The largest absolute Gasteiger partial charge is 0.329 e. The number of carbonyl (C=O) groups is 2. The Balaban J connectivity index is 1.72. The molecule has 0 aliphatic carbocycles. The third-order valence-corrected chi connectivity index (χ3v) is 4.13. The van der Waals surface area contributed by atoms with E-state index < -0.39 is 16.7 Å². The summed E-state index contributed by atoms with van der Waals surface area (Å²) in [6.07, 6.45) is 0. The second-order valence-electron chi connectivity index (χ2n) is 5.82. The first-order chi connectivity index (χ1) is 12.9. The van der Waals surface area contributed by atoms with E-state index in [1.807, 2.05) is 18.4 Å². The molecule has 1 aromatic heterocycles. The predicted molar refractivity (Wildman–Crippen MR) is 98.2 cm³/mol. The first-order valence-corrected chi connectivity index (χ1v) is 8.22. The zero-order chi connectivity index (χ0) is 19.6. The van der Waals surface area contributed by atoms with Crippen LogP contribution in [0.4, 0.5) is 5.69 Å². The summed E-state index contributed by atoms with van der Waals surface area (Å²) in [4.78, 5) is 39.0. The number of nitro benzene ring substituents is 1. The monoisotopic (exact) mass is 367 g/mol. The van der Waals surface area contributed by atoms with Gasteiger partial charge >= 0.3 is 0 Å². The number of nitrogens with zero attached hydrogens (tertiary/aromatic N) is 3. The van der Waals surface area contributed by atoms with E-state index in [2.05, 4.69) is 15.8 Å². The van der Waals surface area contributed by atoms with Gasteiger partial charge in [0, 0.05) is 29.8 Å². The lowest BCUT2D eigenvalue weighted by molar-refractivity contribution is -0.384. The SMILES string of the molecule is CCn1c(C)nc2cc(C(=O)NNC(=O)c3cccc([N+](=O)[O-])c3)ccc21. The van der Waals surface area contributed by atoms with Gasteiger partial charge < -0.3 is 4.57 Å². The van der Waals surface area contributed by atoms with E-state index in [9.17, 15) is 19.7 Å². The molecule has 3 rings (SSSR count). The quantitative estimate of drug-likeness (QED) is 0.542. The zero-order valence-corrected chi connectivity index (χ0v) is 14.7. The number of aromatic nitrogens is 2. The molecule has 0 unspecified atom stereocenters. The predicted octanol–water partition coefficient (Wildman–Crippen LogP) is 2.35. The van der Waals surface area contributed by atoms with Crippen LogP contribution in [0.1, 0.15) is 33.5 Å². The van der Waals surface area contributed by atoms with E-state index in [0.29, 0.717) is 11.1 Å². The molecule has 2 aromatic carbocycles. The highest BCUT2D eigenvalue weighted by Gasteiger charge is 2.14. The van der Waals surface area contributed by atoms with Crippen LogP contribution in [-0.2, 0) is 6.54 Å². The number of hydrogen-bond acceptors (Lipinski definition) is 5. The minimum Gasteiger partial charge on any atom is -0.329 e. The number of rotatable bonds is 4. The second kappa shape index (κ2) is 7.24. The third kappa shape index (κ3) is 3.61. The number of amides is 2. The van der Waals surface area contributed by atoms with E-state index in [0.717, 1.165) is 24.0 Å². The van der Waals surface area contributed by atoms with Crippen LogP contribution in [0.2, 0.25) is 0 Å². The average molecular weight is 367 g/mol. The van der Waals surface area contributed by atoms with Gasteiger partial charge in [-0.2, -0.15) is 0 Å². The number of hydrogen-bond donors (Lipinski definition) is 2. The van der Waals surface area contributed by atoms with Gasteiger partial charge in [-0.1, -0.05) is 6.07 Å². The topological polar surface area (TPSA) is 119 Å². The smallest absolute Gasteiger partial charge is 0.270 e. The number of aryl methyl sites for hydroxylation is 2. The Bertz CT molecular complexity index is 1060. The first-order valence-electron chi connectivity index (χ1n) is 8.22. The molecule has 0 radical (unpaired) electrons. The number of benzene rings is 2. The minimum atomic E-state index is -0.653. The Labute approximate surface area is 154 Å². The summed E-state index contributed by atoms with van der Waals surface area (Å²) in [5, 5.41) is 10.8. The van der Waals surface area contributed by atoms with E-state index in [4.69, 9.17) is 0 Å². The van der Waals surface area contributed by atoms with Crippen molar-refractivity contribution in [2.24, 2.45) is 0 Å².